The van der Waals surface area contributed by atoms with E-state index in [9.17, 15) is 4.39 Å². The van der Waals surface area contributed by atoms with E-state index in [1.807, 2.05) is 6.92 Å². The Morgan fingerprint density at radius 2 is 2.20 bits per heavy atom. The molecule has 3 rings (SSSR count). The second-order valence-electron chi connectivity index (χ2n) is 6.12. The van der Waals surface area contributed by atoms with E-state index >= 15 is 0 Å². The molecule has 0 saturated heterocycles. The molecule has 110 valence electrons. The van der Waals surface area contributed by atoms with Gasteiger partial charge in [-0.3, -0.25) is 0 Å². The summed E-state index contributed by atoms with van der Waals surface area (Å²) in [7, 11) is 0. The van der Waals surface area contributed by atoms with E-state index in [4.69, 9.17) is 10.5 Å². The Morgan fingerprint density at radius 1 is 1.35 bits per heavy atom. The van der Waals surface area contributed by atoms with Crippen molar-refractivity contribution in [2.24, 2.45) is 17.8 Å². The minimum Gasteiger partial charge on any atom is -0.491 e. The first-order chi connectivity index (χ1) is 9.67. The molecule has 0 spiro atoms. The molecule has 0 aromatic heterocycles. The lowest BCUT2D eigenvalue weighted by molar-refractivity contribution is 0.321. The smallest absolute Gasteiger partial charge is 0.167 e. The number of hydrogen-bond donors (Lipinski definition) is 2. The van der Waals surface area contributed by atoms with E-state index in [2.05, 4.69) is 5.32 Å². The highest BCUT2D eigenvalue weighted by Gasteiger charge is 2.39. The number of fused-ring (bicyclic) bond motifs is 2. The molecule has 20 heavy (non-hydrogen) atoms. The molecule has 3 unspecified atom stereocenters. The number of rotatable bonds is 5. The minimum absolute atomic E-state index is 0.275. The Morgan fingerprint density at radius 3 is 2.85 bits per heavy atom. The molecule has 3 atom stereocenters. The fourth-order valence-electron chi connectivity index (χ4n) is 3.86. The van der Waals surface area contributed by atoms with Crippen molar-refractivity contribution < 1.29 is 9.13 Å². The molecule has 1 aromatic carbocycles. The lowest BCUT2D eigenvalue weighted by Gasteiger charge is -2.23. The first kappa shape index (κ1) is 13.5. The normalized spacial score (nSPS) is 27.8. The average molecular weight is 278 g/mol. The lowest BCUT2D eigenvalue weighted by atomic mass is 9.89. The van der Waals surface area contributed by atoms with Gasteiger partial charge >= 0.3 is 0 Å². The van der Waals surface area contributed by atoms with E-state index in [1.165, 1.54) is 31.7 Å². The molecule has 2 aliphatic rings. The monoisotopic (exact) mass is 278 g/mol. The van der Waals surface area contributed by atoms with E-state index in [1.54, 1.807) is 6.07 Å². The molecular weight excluding hydrogens is 255 g/mol. The largest absolute Gasteiger partial charge is 0.491 e. The molecule has 3 N–H and O–H groups in total. The molecule has 0 heterocycles. The summed E-state index contributed by atoms with van der Waals surface area (Å²) in [6, 6.07) is 3.02. The topological polar surface area (TPSA) is 47.3 Å². The Hall–Kier alpha value is -1.45. The van der Waals surface area contributed by atoms with Crippen molar-refractivity contribution >= 4 is 11.4 Å². The van der Waals surface area contributed by atoms with Gasteiger partial charge in [0.1, 0.15) is 0 Å². The molecule has 1 aromatic rings. The summed E-state index contributed by atoms with van der Waals surface area (Å²) in [5.41, 5.74) is 7.13. The summed E-state index contributed by atoms with van der Waals surface area (Å²) in [5, 5.41) is 3.39. The van der Waals surface area contributed by atoms with Gasteiger partial charge in [-0.15, -0.1) is 0 Å². The van der Waals surface area contributed by atoms with Crippen LogP contribution in [0.15, 0.2) is 12.1 Å². The molecule has 0 amide bonds. The SMILES string of the molecule is CCOc1cc(NCC2CC3CCC2C3)c(N)cc1F. The second kappa shape index (κ2) is 5.51. The van der Waals surface area contributed by atoms with Gasteiger partial charge in [0.25, 0.3) is 0 Å². The highest BCUT2D eigenvalue weighted by atomic mass is 19.1. The zero-order valence-electron chi connectivity index (χ0n) is 12.0. The first-order valence-electron chi connectivity index (χ1n) is 7.63. The summed E-state index contributed by atoms with van der Waals surface area (Å²) in [5.74, 6) is 2.44. The van der Waals surface area contributed by atoms with E-state index in [-0.39, 0.29) is 5.75 Å². The number of nitrogens with two attached hydrogens (primary N) is 1. The summed E-state index contributed by atoms with van der Waals surface area (Å²) in [6.45, 7) is 3.23. The molecule has 3 nitrogen and oxygen atoms in total. The fraction of sp³-hybridized carbons (Fsp3) is 0.625. The molecular formula is C16H23FN2O. The van der Waals surface area contributed by atoms with Crippen LogP contribution in [-0.2, 0) is 0 Å². The van der Waals surface area contributed by atoms with Crippen LogP contribution in [0, 0.1) is 23.6 Å². The van der Waals surface area contributed by atoms with Crippen LogP contribution in [0.2, 0.25) is 0 Å². The van der Waals surface area contributed by atoms with E-state index in [0.717, 1.165) is 30.0 Å². The van der Waals surface area contributed by atoms with Gasteiger partial charge in [-0.05, 0) is 43.9 Å². The van der Waals surface area contributed by atoms with Gasteiger partial charge < -0.3 is 15.8 Å². The zero-order valence-corrected chi connectivity index (χ0v) is 12.0. The van der Waals surface area contributed by atoms with Crippen molar-refractivity contribution in [2.45, 2.75) is 32.6 Å². The molecule has 2 saturated carbocycles. The predicted molar refractivity (Wildman–Crippen MR) is 79.4 cm³/mol. The van der Waals surface area contributed by atoms with Gasteiger partial charge in [-0.1, -0.05) is 6.42 Å². The van der Waals surface area contributed by atoms with Crippen molar-refractivity contribution in [3.05, 3.63) is 17.9 Å². The maximum absolute atomic E-state index is 13.6. The number of hydrogen-bond acceptors (Lipinski definition) is 3. The molecule has 2 bridgehead atoms. The van der Waals surface area contributed by atoms with Crippen LogP contribution in [0.3, 0.4) is 0 Å². The summed E-state index contributed by atoms with van der Waals surface area (Å²) < 4.78 is 18.9. The van der Waals surface area contributed by atoms with E-state index < -0.39 is 5.82 Å². The van der Waals surface area contributed by atoms with Gasteiger partial charge in [-0.2, -0.15) is 0 Å². The van der Waals surface area contributed by atoms with Crippen LogP contribution in [-0.4, -0.2) is 13.2 Å². The number of benzene rings is 1. The van der Waals surface area contributed by atoms with Crippen molar-refractivity contribution in [3.8, 4) is 5.75 Å². The first-order valence-corrected chi connectivity index (χ1v) is 7.63. The molecule has 2 fully saturated rings. The van der Waals surface area contributed by atoms with Gasteiger partial charge in [0.15, 0.2) is 11.6 Å². The van der Waals surface area contributed by atoms with Crippen LogP contribution in [0.1, 0.15) is 32.6 Å². The van der Waals surface area contributed by atoms with Crippen molar-refractivity contribution in [3.63, 3.8) is 0 Å². The van der Waals surface area contributed by atoms with Crippen LogP contribution in [0.5, 0.6) is 5.75 Å². The van der Waals surface area contributed by atoms with Crippen molar-refractivity contribution in [1.82, 2.24) is 0 Å². The number of anilines is 2. The third-order valence-electron chi connectivity index (χ3n) is 4.84. The third kappa shape index (κ3) is 2.56. The third-order valence-corrected chi connectivity index (χ3v) is 4.84. The standard InChI is InChI=1S/C16H23FN2O/c1-2-20-16-8-15(14(18)7-13(16)17)19-9-12-6-10-3-4-11(12)5-10/h7-8,10-12,19H,2-6,9,18H2,1H3. The Kier molecular flexibility index (Phi) is 3.72. The highest BCUT2D eigenvalue weighted by molar-refractivity contribution is 5.68. The quantitative estimate of drug-likeness (QED) is 0.808. The summed E-state index contributed by atoms with van der Waals surface area (Å²) in [6.07, 6.45) is 5.51. The number of nitrogen functional groups attached to an aromatic ring is 1. The zero-order chi connectivity index (χ0) is 14.1. The predicted octanol–water partition coefficient (Wildman–Crippen LogP) is 3.65. The van der Waals surface area contributed by atoms with Crippen LogP contribution in [0.25, 0.3) is 0 Å². The Bertz CT molecular complexity index is 492. The second-order valence-corrected chi connectivity index (χ2v) is 6.12. The van der Waals surface area contributed by atoms with Gasteiger partial charge in [0.05, 0.1) is 18.0 Å². The number of halogens is 1. The van der Waals surface area contributed by atoms with Crippen molar-refractivity contribution in [1.29, 1.82) is 0 Å². The van der Waals surface area contributed by atoms with Crippen LogP contribution >= 0.6 is 0 Å². The minimum atomic E-state index is -0.394. The average Bonchev–Trinajstić information content (AvgIpc) is 3.03. The van der Waals surface area contributed by atoms with Crippen LogP contribution < -0.4 is 15.8 Å². The number of ether oxygens (including phenoxy) is 1. The van der Waals surface area contributed by atoms with Gasteiger partial charge in [-0.25, -0.2) is 4.39 Å². The fourth-order valence-corrected chi connectivity index (χ4v) is 3.86. The Balaban J connectivity index is 1.66. The van der Waals surface area contributed by atoms with Gasteiger partial charge in [0.2, 0.25) is 0 Å². The summed E-state index contributed by atoms with van der Waals surface area (Å²) >= 11 is 0. The van der Waals surface area contributed by atoms with Crippen LogP contribution in [0.4, 0.5) is 15.8 Å². The maximum atomic E-state index is 13.6. The molecule has 0 radical (unpaired) electrons. The lowest BCUT2D eigenvalue weighted by Crippen LogP contribution is -2.20. The molecule has 4 heteroatoms. The molecule has 0 aliphatic heterocycles. The molecule has 2 aliphatic carbocycles. The van der Waals surface area contributed by atoms with E-state index in [0.29, 0.717) is 12.3 Å². The summed E-state index contributed by atoms with van der Waals surface area (Å²) in [4.78, 5) is 0. The van der Waals surface area contributed by atoms with Crippen molar-refractivity contribution in [2.75, 3.05) is 24.2 Å². The maximum Gasteiger partial charge on any atom is 0.167 e. The van der Waals surface area contributed by atoms with Gasteiger partial charge in [0, 0.05) is 18.7 Å². The highest BCUT2D eigenvalue weighted by Crippen LogP contribution is 2.48. The Labute approximate surface area is 119 Å². The number of nitrogens with one attached hydrogen (secondary N) is 1.